The molecule has 3 aromatic rings. The van der Waals surface area contributed by atoms with E-state index < -0.39 is 15.6 Å². The van der Waals surface area contributed by atoms with E-state index in [1.54, 1.807) is 0 Å². The summed E-state index contributed by atoms with van der Waals surface area (Å²) in [7, 11) is -3.90. The lowest BCUT2D eigenvalue weighted by Gasteiger charge is -2.20. The Morgan fingerprint density at radius 1 is 1.00 bits per heavy atom. The number of rotatable bonds is 5. The second-order valence-corrected chi connectivity index (χ2v) is 10.4. The second-order valence-electron chi connectivity index (χ2n) is 7.90. The Bertz CT molecular complexity index is 1310. The van der Waals surface area contributed by atoms with Crippen molar-refractivity contribution in [2.45, 2.75) is 31.2 Å². The standard InChI is InChI=1S/C21H20Cl2N4O4S/c1-21(2,3)25-19(28)13-4-6-14(7-5-13)26-32(30,31)16-10-8-15(9-11-16)27-20(29)18(23)17(22)12-24-27/h4-12,26H,1-3H3,(H,25,28). The fraction of sp³-hybridized carbons (Fsp3) is 0.190. The van der Waals surface area contributed by atoms with Crippen molar-refractivity contribution in [1.29, 1.82) is 0 Å². The first-order valence-electron chi connectivity index (χ1n) is 9.36. The van der Waals surface area contributed by atoms with Crippen LogP contribution in [0.4, 0.5) is 5.69 Å². The number of sulfonamides is 1. The van der Waals surface area contributed by atoms with Crippen molar-refractivity contribution in [3.05, 3.63) is 80.7 Å². The van der Waals surface area contributed by atoms with Gasteiger partial charge in [0, 0.05) is 16.8 Å². The van der Waals surface area contributed by atoms with Gasteiger partial charge in [0.25, 0.3) is 21.5 Å². The molecule has 32 heavy (non-hydrogen) atoms. The molecule has 0 spiro atoms. The zero-order chi connectivity index (χ0) is 23.7. The highest BCUT2D eigenvalue weighted by atomic mass is 35.5. The molecule has 0 saturated carbocycles. The quantitative estimate of drug-likeness (QED) is 0.559. The summed E-state index contributed by atoms with van der Waals surface area (Å²) in [5.41, 5.74) is 0.0161. The lowest BCUT2D eigenvalue weighted by atomic mass is 10.1. The molecule has 1 heterocycles. The molecule has 2 N–H and O–H groups in total. The van der Waals surface area contributed by atoms with Crippen LogP contribution in [0.5, 0.6) is 0 Å². The molecule has 0 bridgehead atoms. The van der Waals surface area contributed by atoms with Gasteiger partial charge in [0.15, 0.2) is 0 Å². The van der Waals surface area contributed by atoms with Crippen LogP contribution in [0.2, 0.25) is 10.0 Å². The summed E-state index contributed by atoms with van der Waals surface area (Å²) < 4.78 is 28.9. The van der Waals surface area contributed by atoms with E-state index in [0.29, 0.717) is 16.9 Å². The first-order valence-corrected chi connectivity index (χ1v) is 11.6. The second kappa shape index (κ2) is 8.93. The van der Waals surface area contributed by atoms with Gasteiger partial charge in [0.05, 0.1) is 21.8 Å². The zero-order valence-electron chi connectivity index (χ0n) is 17.4. The SMILES string of the molecule is CC(C)(C)NC(=O)c1ccc(NS(=O)(=O)c2ccc(-n3ncc(Cl)c(Cl)c3=O)cc2)cc1. The van der Waals surface area contributed by atoms with Crippen LogP contribution in [0.3, 0.4) is 0 Å². The molecule has 0 aliphatic carbocycles. The minimum Gasteiger partial charge on any atom is -0.347 e. The Hall–Kier alpha value is -2.88. The summed E-state index contributed by atoms with van der Waals surface area (Å²) in [4.78, 5) is 24.4. The van der Waals surface area contributed by atoms with Crippen LogP contribution in [-0.2, 0) is 10.0 Å². The summed E-state index contributed by atoms with van der Waals surface area (Å²) >= 11 is 11.6. The molecule has 1 amide bonds. The molecular formula is C21H20Cl2N4O4S. The van der Waals surface area contributed by atoms with Crippen LogP contribution in [0, 0.1) is 0 Å². The number of benzene rings is 2. The van der Waals surface area contributed by atoms with Crippen LogP contribution in [-0.4, -0.2) is 29.6 Å². The number of nitrogens with zero attached hydrogens (tertiary/aromatic N) is 2. The van der Waals surface area contributed by atoms with Gasteiger partial charge >= 0.3 is 0 Å². The Morgan fingerprint density at radius 2 is 1.59 bits per heavy atom. The maximum atomic E-state index is 12.7. The van der Waals surface area contributed by atoms with Crippen molar-refractivity contribution < 1.29 is 13.2 Å². The normalized spacial score (nSPS) is 11.8. The van der Waals surface area contributed by atoms with Gasteiger partial charge in [-0.05, 0) is 69.3 Å². The molecule has 0 radical (unpaired) electrons. The predicted molar refractivity (Wildman–Crippen MR) is 124 cm³/mol. The maximum absolute atomic E-state index is 12.7. The fourth-order valence-electron chi connectivity index (χ4n) is 2.68. The maximum Gasteiger partial charge on any atom is 0.291 e. The number of amides is 1. The minimum atomic E-state index is -3.90. The average Bonchev–Trinajstić information content (AvgIpc) is 2.71. The smallest absolute Gasteiger partial charge is 0.291 e. The van der Waals surface area contributed by atoms with Crippen molar-refractivity contribution in [3.63, 3.8) is 0 Å². The largest absolute Gasteiger partial charge is 0.347 e. The zero-order valence-corrected chi connectivity index (χ0v) is 19.7. The van der Waals surface area contributed by atoms with Gasteiger partial charge in [0.1, 0.15) is 5.02 Å². The third-order valence-corrected chi connectivity index (χ3v) is 6.30. The molecule has 0 atom stereocenters. The Labute approximate surface area is 195 Å². The summed E-state index contributed by atoms with van der Waals surface area (Å²) in [6, 6.07) is 11.6. The highest BCUT2D eigenvalue weighted by Crippen LogP contribution is 2.20. The summed E-state index contributed by atoms with van der Waals surface area (Å²) in [5.74, 6) is -0.256. The first kappa shape index (κ1) is 23.8. The van der Waals surface area contributed by atoms with Crippen molar-refractivity contribution in [3.8, 4) is 5.69 Å². The molecule has 0 aliphatic heterocycles. The minimum absolute atomic E-state index is 0.0242. The molecule has 11 heteroatoms. The molecule has 0 fully saturated rings. The van der Waals surface area contributed by atoms with E-state index in [0.717, 1.165) is 4.68 Å². The number of aromatic nitrogens is 2. The monoisotopic (exact) mass is 494 g/mol. The average molecular weight is 495 g/mol. The van der Waals surface area contributed by atoms with Crippen molar-refractivity contribution in [1.82, 2.24) is 15.1 Å². The molecule has 0 unspecified atom stereocenters. The fourth-order valence-corrected chi connectivity index (χ4v) is 3.99. The van der Waals surface area contributed by atoms with Gasteiger partial charge < -0.3 is 5.32 Å². The van der Waals surface area contributed by atoms with Crippen LogP contribution >= 0.6 is 23.2 Å². The highest BCUT2D eigenvalue weighted by Gasteiger charge is 2.17. The van der Waals surface area contributed by atoms with Crippen molar-refractivity contribution in [2.75, 3.05) is 4.72 Å². The van der Waals surface area contributed by atoms with Crippen LogP contribution in [0.1, 0.15) is 31.1 Å². The van der Waals surface area contributed by atoms with Crippen molar-refractivity contribution in [2.24, 2.45) is 0 Å². The van der Waals surface area contributed by atoms with Gasteiger partial charge in [-0.2, -0.15) is 9.78 Å². The van der Waals surface area contributed by atoms with E-state index in [-0.39, 0.29) is 26.4 Å². The van der Waals surface area contributed by atoms with Crippen LogP contribution in [0.15, 0.2) is 64.4 Å². The lowest BCUT2D eigenvalue weighted by molar-refractivity contribution is 0.0919. The first-order chi connectivity index (χ1) is 14.9. The number of carbonyl (C=O) groups excluding carboxylic acids is 1. The number of carbonyl (C=O) groups is 1. The molecule has 0 saturated heterocycles. The van der Waals surface area contributed by atoms with E-state index in [1.807, 2.05) is 20.8 Å². The van der Waals surface area contributed by atoms with E-state index >= 15 is 0 Å². The third kappa shape index (κ3) is 5.48. The number of halogens is 2. The highest BCUT2D eigenvalue weighted by molar-refractivity contribution is 7.92. The number of nitrogens with one attached hydrogen (secondary N) is 2. The molecular weight excluding hydrogens is 475 g/mol. The van der Waals surface area contributed by atoms with Gasteiger partial charge in [-0.1, -0.05) is 23.2 Å². The summed E-state index contributed by atoms with van der Waals surface area (Å²) in [6.07, 6.45) is 1.23. The van der Waals surface area contributed by atoms with E-state index in [2.05, 4.69) is 15.1 Å². The molecule has 168 valence electrons. The Balaban J connectivity index is 1.78. The van der Waals surface area contributed by atoms with Gasteiger partial charge in [-0.15, -0.1) is 0 Å². The Morgan fingerprint density at radius 3 is 2.16 bits per heavy atom. The molecule has 2 aromatic carbocycles. The molecule has 8 nitrogen and oxygen atoms in total. The summed E-state index contributed by atoms with van der Waals surface area (Å²) in [6.45, 7) is 5.60. The number of anilines is 1. The van der Waals surface area contributed by atoms with E-state index in [4.69, 9.17) is 23.2 Å². The molecule has 0 aliphatic rings. The topological polar surface area (TPSA) is 110 Å². The third-order valence-electron chi connectivity index (χ3n) is 4.16. The van der Waals surface area contributed by atoms with Gasteiger partial charge in [0.2, 0.25) is 0 Å². The van der Waals surface area contributed by atoms with E-state index in [1.165, 1.54) is 54.7 Å². The van der Waals surface area contributed by atoms with Crippen LogP contribution in [0.25, 0.3) is 5.69 Å². The summed E-state index contributed by atoms with van der Waals surface area (Å²) in [5, 5.41) is 6.58. The van der Waals surface area contributed by atoms with E-state index in [9.17, 15) is 18.0 Å². The van der Waals surface area contributed by atoms with Crippen LogP contribution < -0.4 is 15.6 Å². The molecule has 1 aromatic heterocycles. The number of hydrogen-bond acceptors (Lipinski definition) is 5. The van der Waals surface area contributed by atoms with Crippen molar-refractivity contribution >= 4 is 44.8 Å². The van der Waals surface area contributed by atoms with Gasteiger partial charge in [-0.3, -0.25) is 14.3 Å². The predicted octanol–water partition coefficient (Wildman–Crippen LogP) is 3.87. The number of hydrogen-bond donors (Lipinski definition) is 2. The van der Waals surface area contributed by atoms with Gasteiger partial charge in [-0.25, -0.2) is 8.42 Å². The Kier molecular flexibility index (Phi) is 6.64. The molecule has 3 rings (SSSR count). The lowest BCUT2D eigenvalue weighted by Crippen LogP contribution is -2.40.